The normalized spacial score (nSPS) is 11.6. The molecule has 1 aromatic heterocycles. The summed E-state index contributed by atoms with van der Waals surface area (Å²) in [5.41, 5.74) is 1.66. The maximum Gasteiger partial charge on any atom is 0.417 e. The van der Waals surface area contributed by atoms with Crippen LogP contribution < -0.4 is 5.43 Å². The number of benzene rings is 1. The number of halogens is 3. The van der Waals surface area contributed by atoms with Gasteiger partial charge in [0.25, 0.3) is 5.69 Å². The molecule has 0 aliphatic rings. The summed E-state index contributed by atoms with van der Waals surface area (Å²) >= 11 is 0. The van der Waals surface area contributed by atoms with Gasteiger partial charge in [-0.3, -0.25) is 15.5 Å². The van der Waals surface area contributed by atoms with Crippen LogP contribution in [0.1, 0.15) is 11.1 Å². The zero-order valence-electron chi connectivity index (χ0n) is 10.9. The van der Waals surface area contributed by atoms with E-state index in [0.29, 0.717) is 6.20 Å². The summed E-state index contributed by atoms with van der Waals surface area (Å²) < 4.78 is 37.1. The third-order valence-corrected chi connectivity index (χ3v) is 2.61. The first-order valence-corrected chi connectivity index (χ1v) is 5.93. The molecule has 0 aliphatic heterocycles. The maximum absolute atomic E-state index is 12.4. The maximum atomic E-state index is 12.4. The second-order valence-electron chi connectivity index (χ2n) is 4.12. The van der Waals surface area contributed by atoms with Gasteiger partial charge in [-0.2, -0.15) is 18.3 Å². The molecule has 6 nitrogen and oxygen atoms in total. The van der Waals surface area contributed by atoms with Gasteiger partial charge in [-0.1, -0.05) is 12.1 Å². The second kappa shape index (κ2) is 6.20. The van der Waals surface area contributed by atoms with Crippen LogP contribution in [0.3, 0.4) is 0 Å². The molecule has 9 heteroatoms. The monoisotopic (exact) mass is 310 g/mol. The molecule has 1 N–H and O–H groups in total. The molecule has 0 atom stereocenters. The Bertz CT molecular complexity index is 699. The van der Waals surface area contributed by atoms with Gasteiger partial charge in [0.05, 0.1) is 22.3 Å². The van der Waals surface area contributed by atoms with E-state index >= 15 is 0 Å². The summed E-state index contributed by atoms with van der Waals surface area (Å²) in [4.78, 5) is 13.8. The van der Waals surface area contributed by atoms with E-state index in [1.165, 1.54) is 24.4 Å². The molecule has 0 radical (unpaired) electrons. The highest BCUT2D eigenvalue weighted by Crippen LogP contribution is 2.28. The smallest absolute Gasteiger partial charge is 0.261 e. The molecule has 0 amide bonds. The van der Waals surface area contributed by atoms with Crippen molar-refractivity contribution >= 4 is 17.7 Å². The lowest BCUT2D eigenvalue weighted by atomic mass is 10.2. The van der Waals surface area contributed by atoms with Crippen molar-refractivity contribution in [2.45, 2.75) is 6.18 Å². The third kappa shape index (κ3) is 3.78. The Balaban J connectivity index is 2.09. The van der Waals surface area contributed by atoms with Crippen LogP contribution in [0, 0.1) is 10.1 Å². The quantitative estimate of drug-likeness (QED) is 0.533. The van der Waals surface area contributed by atoms with Gasteiger partial charge in [0.15, 0.2) is 0 Å². The highest BCUT2D eigenvalue weighted by Gasteiger charge is 2.30. The summed E-state index contributed by atoms with van der Waals surface area (Å²) in [6.45, 7) is 0. The molecule has 0 bridgehead atoms. The fraction of sp³-hybridized carbons (Fsp3) is 0.0769. The molecule has 0 aliphatic carbocycles. The minimum atomic E-state index is -4.46. The number of nitro benzene ring substituents is 1. The van der Waals surface area contributed by atoms with Gasteiger partial charge in [0.2, 0.25) is 0 Å². The van der Waals surface area contributed by atoms with E-state index < -0.39 is 16.7 Å². The van der Waals surface area contributed by atoms with Crippen LogP contribution in [-0.4, -0.2) is 16.1 Å². The Hall–Kier alpha value is -2.97. The van der Waals surface area contributed by atoms with E-state index in [2.05, 4.69) is 15.5 Å². The predicted molar refractivity (Wildman–Crippen MR) is 73.6 cm³/mol. The molecule has 0 saturated heterocycles. The van der Waals surface area contributed by atoms with Crippen molar-refractivity contribution in [2.75, 3.05) is 5.43 Å². The Kier molecular flexibility index (Phi) is 4.35. The minimum Gasteiger partial charge on any atom is -0.261 e. The standard InChI is InChI=1S/C13H9F3N4O2/c14-13(15,16)10-5-6-12(17-8-10)19-18-7-9-3-1-2-4-11(9)20(21)22/h1-8H,(H,17,19)/b18-7-. The summed E-state index contributed by atoms with van der Waals surface area (Å²) in [5.74, 6) is 0.0860. The number of nitro groups is 1. The summed E-state index contributed by atoms with van der Waals surface area (Å²) in [5, 5.41) is 14.5. The Morgan fingerprint density at radius 1 is 1.23 bits per heavy atom. The zero-order chi connectivity index (χ0) is 16.2. The number of pyridine rings is 1. The average Bonchev–Trinajstić information content (AvgIpc) is 2.47. The van der Waals surface area contributed by atoms with Gasteiger partial charge in [-0.25, -0.2) is 4.98 Å². The molecule has 0 fully saturated rings. The van der Waals surface area contributed by atoms with Crippen LogP contribution in [0.4, 0.5) is 24.7 Å². The van der Waals surface area contributed by atoms with Crippen LogP contribution in [-0.2, 0) is 6.18 Å². The van der Waals surface area contributed by atoms with Gasteiger partial charge in [0, 0.05) is 12.3 Å². The van der Waals surface area contributed by atoms with Crippen molar-refractivity contribution in [3.05, 3.63) is 63.8 Å². The molecule has 0 spiro atoms. The van der Waals surface area contributed by atoms with Crippen molar-refractivity contribution in [3.8, 4) is 0 Å². The number of anilines is 1. The fourth-order valence-electron chi connectivity index (χ4n) is 1.56. The van der Waals surface area contributed by atoms with Gasteiger partial charge >= 0.3 is 6.18 Å². The number of hydrazone groups is 1. The second-order valence-corrected chi connectivity index (χ2v) is 4.12. The molecule has 1 aromatic carbocycles. The van der Waals surface area contributed by atoms with Crippen LogP contribution in [0.25, 0.3) is 0 Å². The van der Waals surface area contributed by atoms with E-state index in [0.717, 1.165) is 12.1 Å². The van der Waals surface area contributed by atoms with Crippen molar-refractivity contribution < 1.29 is 18.1 Å². The van der Waals surface area contributed by atoms with Crippen LogP contribution in [0.5, 0.6) is 0 Å². The predicted octanol–water partition coefficient (Wildman–Crippen LogP) is 3.45. The van der Waals surface area contributed by atoms with Gasteiger partial charge in [-0.05, 0) is 18.2 Å². The molecular weight excluding hydrogens is 301 g/mol. The van der Waals surface area contributed by atoms with E-state index in [4.69, 9.17) is 0 Å². The minimum absolute atomic E-state index is 0.0860. The number of alkyl halides is 3. The summed E-state index contributed by atoms with van der Waals surface area (Å²) in [7, 11) is 0. The molecule has 0 saturated carbocycles. The van der Waals surface area contributed by atoms with Gasteiger partial charge in [-0.15, -0.1) is 0 Å². The van der Waals surface area contributed by atoms with E-state index in [-0.39, 0.29) is 17.1 Å². The van der Waals surface area contributed by atoms with Crippen molar-refractivity contribution in [2.24, 2.45) is 5.10 Å². The highest BCUT2D eigenvalue weighted by molar-refractivity contribution is 5.85. The SMILES string of the molecule is O=[N+]([O-])c1ccccc1/C=N\Nc1ccc(C(F)(F)F)cn1. The Morgan fingerprint density at radius 2 is 1.95 bits per heavy atom. The van der Waals surface area contributed by atoms with E-state index in [9.17, 15) is 23.3 Å². The molecule has 2 rings (SSSR count). The molecule has 2 aromatic rings. The Morgan fingerprint density at radius 3 is 2.55 bits per heavy atom. The number of aromatic nitrogens is 1. The van der Waals surface area contributed by atoms with Gasteiger partial charge < -0.3 is 0 Å². The lowest BCUT2D eigenvalue weighted by molar-refractivity contribution is -0.385. The zero-order valence-corrected chi connectivity index (χ0v) is 10.9. The van der Waals surface area contributed by atoms with Crippen LogP contribution in [0.15, 0.2) is 47.7 Å². The molecule has 0 unspecified atom stereocenters. The van der Waals surface area contributed by atoms with Crippen molar-refractivity contribution in [3.63, 3.8) is 0 Å². The Labute approximate surface area is 122 Å². The first-order valence-electron chi connectivity index (χ1n) is 5.93. The highest BCUT2D eigenvalue weighted by atomic mass is 19.4. The van der Waals surface area contributed by atoms with E-state index in [1.54, 1.807) is 6.07 Å². The lowest BCUT2D eigenvalue weighted by Gasteiger charge is -2.06. The number of rotatable bonds is 4. The number of nitrogens with zero attached hydrogens (tertiary/aromatic N) is 3. The third-order valence-electron chi connectivity index (χ3n) is 2.61. The molecule has 114 valence electrons. The summed E-state index contributed by atoms with van der Waals surface area (Å²) in [6, 6.07) is 7.89. The number of para-hydroxylation sites is 1. The lowest BCUT2D eigenvalue weighted by Crippen LogP contribution is -2.05. The largest absolute Gasteiger partial charge is 0.417 e. The topological polar surface area (TPSA) is 80.4 Å². The van der Waals surface area contributed by atoms with Gasteiger partial charge in [0.1, 0.15) is 5.82 Å². The summed E-state index contributed by atoms with van der Waals surface area (Å²) in [6.07, 6.45) is -2.60. The molecular formula is C13H9F3N4O2. The average molecular weight is 310 g/mol. The van der Waals surface area contributed by atoms with Crippen molar-refractivity contribution in [1.82, 2.24) is 4.98 Å². The fourth-order valence-corrected chi connectivity index (χ4v) is 1.56. The van der Waals surface area contributed by atoms with E-state index in [1.807, 2.05) is 0 Å². The van der Waals surface area contributed by atoms with Crippen LogP contribution >= 0.6 is 0 Å². The molecule has 1 heterocycles. The van der Waals surface area contributed by atoms with Crippen molar-refractivity contribution in [1.29, 1.82) is 0 Å². The van der Waals surface area contributed by atoms with Crippen LogP contribution in [0.2, 0.25) is 0 Å². The number of hydrogen-bond donors (Lipinski definition) is 1. The number of hydrogen-bond acceptors (Lipinski definition) is 5. The number of nitrogens with one attached hydrogen (secondary N) is 1. The molecule has 22 heavy (non-hydrogen) atoms. The first kappa shape index (κ1) is 15.4. The first-order chi connectivity index (χ1) is 10.4.